The highest BCUT2D eigenvalue weighted by Gasteiger charge is 2.30. The normalized spacial score (nSPS) is 17.4. The predicted octanol–water partition coefficient (Wildman–Crippen LogP) is 3.79. The molecule has 0 fully saturated rings. The maximum absolute atomic E-state index is 4.46. The lowest BCUT2D eigenvalue weighted by Crippen LogP contribution is -2.47. The van der Waals surface area contributed by atoms with Gasteiger partial charge in [0.2, 0.25) is 0 Å². The highest BCUT2D eigenvalue weighted by molar-refractivity contribution is 7.09. The monoisotopic (exact) mass is 240 g/mol. The van der Waals surface area contributed by atoms with E-state index >= 15 is 0 Å². The van der Waals surface area contributed by atoms with E-state index in [0.717, 1.165) is 6.42 Å². The summed E-state index contributed by atoms with van der Waals surface area (Å²) in [6.45, 7) is 11.3. The van der Waals surface area contributed by atoms with Gasteiger partial charge < -0.3 is 5.32 Å². The summed E-state index contributed by atoms with van der Waals surface area (Å²) in [6.07, 6.45) is 4.13. The zero-order chi connectivity index (χ0) is 12.2. The molecular weight excluding hydrogens is 216 g/mol. The van der Waals surface area contributed by atoms with Gasteiger partial charge in [-0.25, -0.2) is 4.98 Å². The predicted molar refractivity (Wildman–Crippen MR) is 71.8 cm³/mol. The third-order valence-corrected chi connectivity index (χ3v) is 4.40. The lowest BCUT2D eigenvalue weighted by atomic mass is 9.93. The molecular formula is C13H24N2S. The van der Waals surface area contributed by atoms with Crippen molar-refractivity contribution in [2.24, 2.45) is 5.92 Å². The molecule has 0 aromatic carbocycles. The molecule has 1 N–H and O–H groups in total. The molecule has 0 saturated carbocycles. The molecule has 2 nitrogen and oxygen atoms in total. The number of nitrogens with zero attached hydrogens (tertiary/aromatic N) is 1. The van der Waals surface area contributed by atoms with Crippen LogP contribution >= 0.6 is 11.3 Å². The van der Waals surface area contributed by atoms with Gasteiger partial charge in [0.15, 0.2) is 0 Å². The molecule has 0 aliphatic rings. The number of nitrogens with one attached hydrogen (secondary N) is 1. The Morgan fingerprint density at radius 2 is 2.12 bits per heavy atom. The van der Waals surface area contributed by atoms with Gasteiger partial charge in [-0.05, 0) is 25.7 Å². The van der Waals surface area contributed by atoms with Crippen molar-refractivity contribution in [2.75, 3.05) is 0 Å². The first-order valence-corrected chi connectivity index (χ1v) is 7.09. The van der Waals surface area contributed by atoms with Crippen molar-refractivity contribution in [1.29, 1.82) is 0 Å². The highest BCUT2D eigenvalue weighted by Crippen LogP contribution is 2.28. The maximum Gasteiger partial charge on any atom is 0.112 e. The molecule has 16 heavy (non-hydrogen) atoms. The van der Waals surface area contributed by atoms with Crippen LogP contribution in [0.25, 0.3) is 0 Å². The number of thiazole rings is 1. The highest BCUT2D eigenvalue weighted by atomic mass is 32.1. The van der Waals surface area contributed by atoms with Gasteiger partial charge in [0, 0.05) is 17.6 Å². The Bertz CT molecular complexity index is 295. The Balaban J connectivity index is 2.81. The maximum atomic E-state index is 4.46. The SMILES string of the molecule is CCC(NC(C)(CC)c1nccs1)C(C)C. The summed E-state index contributed by atoms with van der Waals surface area (Å²) in [5.74, 6) is 0.663. The molecule has 92 valence electrons. The first kappa shape index (κ1) is 13.7. The van der Waals surface area contributed by atoms with E-state index in [1.165, 1.54) is 11.4 Å². The summed E-state index contributed by atoms with van der Waals surface area (Å²) in [7, 11) is 0. The standard InChI is InChI=1S/C13H24N2S/c1-6-11(10(3)4)15-13(5,7-2)12-14-8-9-16-12/h8-11,15H,6-7H2,1-5H3. The third-order valence-electron chi connectivity index (χ3n) is 3.36. The van der Waals surface area contributed by atoms with Crippen molar-refractivity contribution in [3.05, 3.63) is 16.6 Å². The zero-order valence-corrected chi connectivity index (χ0v) is 11.9. The van der Waals surface area contributed by atoms with Gasteiger partial charge in [-0.2, -0.15) is 0 Å². The molecule has 1 rings (SSSR count). The lowest BCUT2D eigenvalue weighted by Gasteiger charge is -2.34. The molecule has 0 aliphatic heterocycles. The van der Waals surface area contributed by atoms with Crippen LogP contribution in [-0.4, -0.2) is 11.0 Å². The van der Waals surface area contributed by atoms with Crippen LogP contribution in [0.15, 0.2) is 11.6 Å². The quantitative estimate of drug-likeness (QED) is 0.818. The van der Waals surface area contributed by atoms with Crippen LogP contribution in [0.1, 0.15) is 52.5 Å². The van der Waals surface area contributed by atoms with Crippen molar-refractivity contribution in [3.8, 4) is 0 Å². The van der Waals surface area contributed by atoms with Crippen molar-refractivity contribution >= 4 is 11.3 Å². The first-order chi connectivity index (χ1) is 7.53. The van der Waals surface area contributed by atoms with Gasteiger partial charge in [0.05, 0.1) is 5.54 Å². The van der Waals surface area contributed by atoms with Gasteiger partial charge in [-0.3, -0.25) is 0 Å². The molecule has 0 bridgehead atoms. The van der Waals surface area contributed by atoms with E-state index in [9.17, 15) is 0 Å². The van der Waals surface area contributed by atoms with Crippen LogP contribution in [0.3, 0.4) is 0 Å². The van der Waals surface area contributed by atoms with Crippen molar-refractivity contribution in [1.82, 2.24) is 10.3 Å². The van der Waals surface area contributed by atoms with E-state index < -0.39 is 0 Å². The summed E-state index contributed by atoms with van der Waals surface area (Å²) in [5.41, 5.74) is 0.0269. The molecule has 1 aromatic heterocycles. The largest absolute Gasteiger partial charge is 0.303 e. The van der Waals surface area contributed by atoms with E-state index in [1.54, 1.807) is 11.3 Å². The minimum absolute atomic E-state index is 0.0269. The number of hydrogen-bond donors (Lipinski definition) is 1. The second kappa shape index (κ2) is 5.78. The zero-order valence-electron chi connectivity index (χ0n) is 11.1. The fraction of sp³-hybridized carbons (Fsp3) is 0.769. The van der Waals surface area contributed by atoms with Crippen LogP contribution in [0, 0.1) is 5.92 Å². The van der Waals surface area contributed by atoms with Gasteiger partial charge in [-0.15, -0.1) is 11.3 Å². The Kier molecular flexibility index (Phi) is 4.93. The van der Waals surface area contributed by atoms with E-state index in [-0.39, 0.29) is 5.54 Å². The Morgan fingerprint density at radius 3 is 2.50 bits per heavy atom. The molecule has 1 heterocycles. The minimum atomic E-state index is 0.0269. The molecule has 0 aliphatic carbocycles. The minimum Gasteiger partial charge on any atom is -0.303 e. The van der Waals surface area contributed by atoms with Crippen molar-refractivity contribution < 1.29 is 0 Å². The van der Waals surface area contributed by atoms with Crippen molar-refractivity contribution in [2.45, 2.75) is 59.0 Å². The second-order valence-corrected chi connectivity index (χ2v) is 5.82. The first-order valence-electron chi connectivity index (χ1n) is 6.21. The van der Waals surface area contributed by atoms with Crippen LogP contribution in [0.4, 0.5) is 0 Å². The van der Waals surface area contributed by atoms with E-state index in [4.69, 9.17) is 0 Å². The van der Waals surface area contributed by atoms with Gasteiger partial charge in [0.25, 0.3) is 0 Å². The smallest absolute Gasteiger partial charge is 0.112 e. The number of aromatic nitrogens is 1. The second-order valence-electron chi connectivity index (χ2n) is 4.93. The number of rotatable bonds is 6. The lowest BCUT2D eigenvalue weighted by molar-refractivity contribution is 0.257. The summed E-state index contributed by atoms with van der Waals surface area (Å²) in [4.78, 5) is 4.46. The Hall–Kier alpha value is -0.410. The van der Waals surface area contributed by atoms with Crippen LogP contribution in [-0.2, 0) is 5.54 Å². The Morgan fingerprint density at radius 1 is 1.44 bits per heavy atom. The van der Waals surface area contributed by atoms with Crippen LogP contribution in [0.5, 0.6) is 0 Å². The van der Waals surface area contributed by atoms with E-state index in [2.05, 4.69) is 50.3 Å². The van der Waals surface area contributed by atoms with Crippen molar-refractivity contribution in [3.63, 3.8) is 0 Å². The molecule has 3 heteroatoms. The molecule has 0 radical (unpaired) electrons. The summed E-state index contributed by atoms with van der Waals surface area (Å²) >= 11 is 1.75. The molecule has 2 unspecified atom stereocenters. The van der Waals surface area contributed by atoms with Crippen LogP contribution in [0.2, 0.25) is 0 Å². The fourth-order valence-electron chi connectivity index (χ4n) is 1.96. The van der Waals surface area contributed by atoms with Gasteiger partial charge in [-0.1, -0.05) is 27.7 Å². The van der Waals surface area contributed by atoms with Gasteiger partial charge in [0.1, 0.15) is 5.01 Å². The summed E-state index contributed by atoms with van der Waals surface area (Å²) in [5, 5.41) is 7.04. The Labute approximate surface area is 103 Å². The summed E-state index contributed by atoms with van der Waals surface area (Å²) in [6, 6.07) is 0.564. The van der Waals surface area contributed by atoms with Gasteiger partial charge >= 0.3 is 0 Å². The topological polar surface area (TPSA) is 24.9 Å². The molecule has 0 spiro atoms. The molecule has 0 amide bonds. The molecule has 2 atom stereocenters. The number of hydrogen-bond acceptors (Lipinski definition) is 3. The average Bonchev–Trinajstić information content (AvgIpc) is 2.79. The average molecular weight is 240 g/mol. The fourth-order valence-corrected chi connectivity index (χ4v) is 2.80. The summed E-state index contributed by atoms with van der Waals surface area (Å²) < 4.78 is 0. The molecule has 1 aromatic rings. The van der Waals surface area contributed by atoms with E-state index in [1.807, 2.05) is 6.20 Å². The van der Waals surface area contributed by atoms with Crippen LogP contribution < -0.4 is 5.32 Å². The van der Waals surface area contributed by atoms with E-state index in [0.29, 0.717) is 12.0 Å². The third kappa shape index (κ3) is 3.05. The molecule has 0 saturated heterocycles.